The maximum absolute atomic E-state index is 12.3. The Morgan fingerprint density at radius 1 is 1.10 bits per heavy atom. The third kappa shape index (κ3) is 2.18. The highest BCUT2D eigenvalue weighted by Gasteiger charge is 2.41. The Kier molecular flexibility index (Phi) is 4.09. The predicted octanol–water partition coefficient (Wildman–Crippen LogP) is 1.82. The highest BCUT2D eigenvalue weighted by molar-refractivity contribution is 6.22. The number of imide groups is 1. The summed E-state index contributed by atoms with van der Waals surface area (Å²) in [5.41, 5.74) is 0.897. The fraction of sp³-hybridized carbons (Fsp3) is 0.357. The number of fused-ring (bicyclic) bond motifs is 1. The van der Waals surface area contributed by atoms with Gasteiger partial charge in [0.05, 0.1) is 17.2 Å². The minimum atomic E-state index is -0.449. The molecule has 5 nitrogen and oxygen atoms in total. The fourth-order valence-corrected chi connectivity index (χ4v) is 2.70. The number of rotatable bonds is 1. The first-order valence-corrected chi connectivity index (χ1v) is 6.49. The van der Waals surface area contributed by atoms with Gasteiger partial charge in [-0.15, -0.1) is 12.4 Å². The lowest BCUT2D eigenvalue weighted by Crippen LogP contribution is -2.48. The van der Waals surface area contributed by atoms with Gasteiger partial charge in [0.15, 0.2) is 0 Å². The van der Waals surface area contributed by atoms with E-state index in [-0.39, 0.29) is 30.1 Å². The van der Waals surface area contributed by atoms with Crippen molar-refractivity contribution < 1.29 is 9.59 Å². The van der Waals surface area contributed by atoms with E-state index in [1.54, 1.807) is 24.3 Å². The Hall–Kier alpha value is -1.88. The van der Waals surface area contributed by atoms with Crippen LogP contribution in [0.5, 0.6) is 0 Å². The van der Waals surface area contributed by atoms with Crippen LogP contribution in [0, 0.1) is 5.41 Å². The normalized spacial score (nSPS) is 21.9. The number of nitrogens with zero attached hydrogens (tertiary/aromatic N) is 1. The monoisotopic (exact) mass is 293 g/mol. The summed E-state index contributed by atoms with van der Waals surface area (Å²) in [6.07, 6.45) is 2.53. The topological polar surface area (TPSA) is 73.3 Å². The molecule has 106 valence electrons. The van der Waals surface area contributed by atoms with Crippen molar-refractivity contribution in [2.45, 2.75) is 25.3 Å². The van der Waals surface area contributed by atoms with Crippen molar-refractivity contribution in [1.29, 1.82) is 5.41 Å². The molecule has 2 N–H and O–H groups in total. The van der Waals surface area contributed by atoms with Gasteiger partial charge in [-0.2, -0.15) is 0 Å². The molecule has 2 heterocycles. The van der Waals surface area contributed by atoms with Crippen molar-refractivity contribution >= 4 is 30.1 Å². The summed E-state index contributed by atoms with van der Waals surface area (Å²) >= 11 is 0. The second-order valence-corrected chi connectivity index (χ2v) is 4.88. The van der Waals surface area contributed by atoms with Crippen LogP contribution in [-0.4, -0.2) is 35.1 Å². The van der Waals surface area contributed by atoms with Crippen molar-refractivity contribution in [1.82, 2.24) is 10.2 Å². The summed E-state index contributed by atoms with van der Waals surface area (Å²) in [6, 6.07) is 6.40. The van der Waals surface area contributed by atoms with Crippen LogP contribution in [0.15, 0.2) is 24.3 Å². The van der Waals surface area contributed by atoms with Gasteiger partial charge in [0.25, 0.3) is 11.8 Å². The molecule has 1 atom stereocenters. The van der Waals surface area contributed by atoms with Crippen LogP contribution in [-0.2, 0) is 0 Å². The number of carbonyl (C=O) groups is 2. The number of nitrogens with one attached hydrogen (secondary N) is 2. The van der Waals surface area contributed by atoms with Gasteiger partial charge < -0.3 is 5.32 Å². The van der Waals surface area contributed by atoms with Crippen molar-refractivity contribution in [3.63, 3.8) is 0 Å². The standard InChI is InChI=1S/C14H15N3O2.ClH/c15-12-11(7-3-4-8-16-12)17-13(18)9-5-1-2-6-10(9)14(17)19;/h1-2,5-6,11H,3-4,7-8H2,(H2,15,16);1H. The van der Waals surface area contributed by atoms with Crippen molar-refractivity contribution in [3.05, 3.63) is 35.4 Å². The molecule has 0 radical (unpaired) electrons. The second-order valence-electron chi connectivity index (χ2n) is 4.88. The Morgan fingerprint density at radius 3 is 2.30 bits per heavy atom. The maximum Gasteiger partial charge on any atom is 0.262 e. The molecule has 2 aliphatic heterocycles. The first kappa shape index (κ1) is 14.5. The highest BCUT2D eigenvalue weighted by Crippen LogP contribution is 2.26. The van der Waals surface area contributed by atoms with Crippen LogP contribution in [0.2, 0.25) is 0 Å². The largest absolute Gasteiger partial charge is 0.372 e. The molecule has 1 fully saturated rings. The van der Waals surface area contributed by atoms with Crippen LogP contribution in [0.4, 0.5) is 0 Å². The van der Waals surface area contributed by atoms with Gasteiger partial charge in [-0.1, -0.05) is 12.1 Å². The van der Waals surface area contributed by atoms with E-state index < -0.39 is 6.04 Å². The predicted molar refractivity (Wildman–Crippen MR) is 77.6 cm³/mol. The SMILES string of the molecule is Cl.N=C1NCCCCC1N1C(=O)c2ccccc2C1=O. The lowest BCUT2D eigenvalue weighted by molar-refractivity contribution is 0.0618. The molecule has 0 aliphatic carbocycles. The third-order valence-corrected chi connectivity index (χ3v) is 3.69. The Bertz CT molecular complexity index is 538. The van der Waals surface area contributed by atoms with Crippen LogP contribution in [0.1, 0.15) is 40.0 Å². The van der Waals surface area contributed by atoms with Gasteiger partial charge in [-0.05, 0) is 31.4 Å². The number of amides is 2. The second kappa shape index (κ2) is 5.63. The quantitative estimate of drug-likeness (QED) is 0.776. The van der Waals surface area contributed by atoms with Gasteiger partial charge in [0.2, 0.25) is 0 Å². The van der Waals surface area contributed by atoms with Gasteiger partial charge in [-0.3, -0.25) is 19.9 Å². The van der Waals surface area contributed by atoms with E-state index in [1.165, 1.54) is 4.90 Å². The summed E-state index contributed by atoms with van der Waals surface area (Å²) in [6.45, 7) is 0.735. The zero-order valence-electron chi connectivity index (χ0n) is 10.9. The summed E-state index contributed by atoms with van der Waals surface area (Å²) < 4.78 is 0. The van der Waals surface area contributed by atoms with Gasteiger partial charge in [-0.25, -0.2) is 0 Å². The molecule has 0 bridgehead atoms. The van der Waals surface area contributed by atoms with Crippen LogP contribution in [0.3, 0.4) is 0 Å². The lowest BCUT2D eigenvalue weighted by Gasteiger charge is -2.25. The van der Waals surface area contributed by atoms with E-state index in [4.69, 9.17) is 5.41 Å². The third-order valence-electron chi connectivity index (χ3n) is 3.69. The summed E-state index contributed by atoms with van der Waals surface area (Å²) in [5, 5.41) is 11.0. The number of benzene rings is 1. The van der Waals surface area contributed by atoms with E-state index in [9.17, 15) is 9.59 Å². The minimum Gasteiger partial charge on any atom is -0.372 e. The van der Waals surface area contributed by atoms with Gasteiger partial charge in [0.1, 0.15) is 5.84 Å². The van der Waals surface area contributed by atoms with Crippen molar-refractivity contribution in [3.8, 4) is 0 Å². The molecule has 0 aromatic heterocycles. The van der Waals surface area contributed by atoms with Crippen LogP contribution < -0.4 is 5.32 Å². The number of halogens is 1. The molecule has 1 unspecified atom stereocenters. The Labute approximate surface area is 123 Å². The average Bonchev–Trinajstić information content (AvgIpc) is 2.57. The maximum atomic E-state index is 12.3. The van der Waals surface area contributed by atoms with E-state index in [0.717, 1.165) is 19.4 Å². The van der Waals surface area contributed by atoms with E-state index in [2.05, 4.69) is 5.32 Å². The zero-order valence-corrected chi connectivity index (χ0v) is 11.7. The molecule has 2 aliphatic rings. The number of carbonyl (C=O) groups excluding carboxylic acids is 2. The Balaban J connectivity index is 0.00000147. The molecular weight excluding hydrogens is 278 g/mol. The average molecular weight is 294 g/mol. The molecule has 20 heavy (non-hydrogen) atoms. The zero-order chi connectivity index (χ0) is 13.4. The number of hydrogen-bond donors (Lipinski definition) is 2. The smallest absolute Gasteiger partial charge is 0.262 e. The summed E-state index contributed by atoms with van der Waals surface area (Å²) in [7, 11) is 0. The minimum absolute atomic E-state index is 0. The first-order valence-electron chi connectivity index (χ1n) is 6.49. The highest BCUT2D eigenvalue weighted by atomic mass is 35.5. The van der Waals surface area contributed by atoms with Crippen LogP contribution >= 0.6 is 12.4 Å². The molecule has 1 saturated heterocycles. The fourth-order valence-electron chi connectivity index (χ4n) is 2.70. The van der Waals surface area contributed by atoms with E-state index in [0.29, 0.717) is 17.5 Å². The summed E-state index contributed by atoms with van der Waals surface area (Å²) in [4.78, 5) is 25.9. The molecule has 1 aromatic rings. The number of amidine groups is 1. The molecule has 0 saturated carbocycles. The molecule has 3 rings (SSSR count). The molecule has 2 amide bonds. The van der Waals surface area contributed by atoms with Crippen LogP contribution in [0.25, 0.3) is 0 Å². The van der Waals surface area contributed by atoms with E-state index in [1.807, 2.05) is 0 Å². The lowest BCUT2D eigenvalue weighted by atomic mass is 10.1. The van der Waals surface area contributed by atoms with E-state index >= 15 is 0 Å². The van der Waals surface area contributed by atoms with Gasteiger partial charge >= 0.3 is 0 Å². The first-order chi connectivity index (χ1) is 9.20. The van der Waals surface area contributed by atoms with Crippen molar-refractivity contribution in [2.24, 2.45) is 0 Å². The Morgan fingerprint density at radius 2 is 1.70 bits per heavy atom. The summed E-state index contributed by atoms with van der Waals surface area (Å²) in [5.74, 6) is -0.287. The molecule has 0 spiro atoms. The molecule has 6 heteroatoms. The molecule has 1 aromatic carbocycles. The molecular formula is C14H16ClN3O2. The van der Waals surface area contributed by atoms with Crippen molar-refractivity contribution in [2.75, 3.05) is 6.54 Å². The van der Waals surface area contributed by atoms with Gasteiger partial charge in [0, 0.05) is 6.54 Å². The number of hydrogen-bond acceptors (Lipinski definition) is 3.